The number of rotatable bonds is 5. The van der Waals surface area contributed by atoms with Crippen LogP contribution in [0.2, 0.25) is 5.02 Å². The van der Waals surface area contributed by atoms with Crippen LogP contribution in [0, 0.1) is 6.92 Å². The Hall–Kier alpha value is -3.31. The van der Waals surface area contributed by atoms with Gasteiger partial charge in [0.2, 0.25) is 0 Å². The van der Waals surface area contributed by atoms with Crippen LogP contribution in [-0.2, 0) is 0 Å². The van der Waals surface area contributed by atoms with Crippen molar-refractivity contribution in [3.63, 3.8) is 0 Å². The van der Waals surface area contributed by atoms with Gasteiger partial charge in [0.1, 0.15) is 5.75 Å². The molecule has 3 rings (SSSR count). The number of methoxy groups -OCH3 is 1. The van der Waals surface area contributed by atoms with Gasteiger partial charge in [-0.3, -0.25) is 9.59 Å². The van der Waals surface area contributed by atoms with Crippen molar-refractivity contribution in [3.05, 3.63) is 88.4 Å². The van der Waals surface area contributed by atoms with Gasteiger partial charge in [0.05, 0.1) is 12.8 Å². The molecule has 0 saturated carbocycles. The SMILES string of the molecule is COc1ccccc1NC(=O)c1ccc(C(=O)Nc2cc(Cl)ccc2C)cc1. The molecular weight excluding hydrogens is 376 g/mol. The van der Waals surface area contributed by atoms with E-state index < -0.39 is 0 Å². The minimum atomic E-state index is -0.290. The van der Waals surface area contributed by atoms with E-state index in [2.05, 4.69) is 10.6 Å². The zero-order chi connectivity index (χ0) is 20.1. The molecule has 0 radical (unpaired) electrons. The second kappa shape index (κ2) is 8.59. The number of carbonyl (C=O) groups excluding carboxylic acids is 2. The van der Waals surface area contributed by atoms with Gasteiger partial charge in [-0.1, -0.05) is 29.8 Å². The fourth-order valence-corrected chi connectivity index (χ4v) is 2.81. The van der Waals surface area contributed by atoms with Gasteiger partial charge in [-0.2, -0.15) is 0 Å². The number of para-hydroxylation sites is 2. The minimum absolute atomic E-state index is 0.276. The smallest absolute Gasteiger partial charge is 0.255 e. The average molecular weight is 395 g/mol. The molecule has 0 aliphatic rings. The van der Waals surface area contributed by atoms with Crippen LogP contribution >= 0.6 is 11.6 Å². The van der Waals surface area contributed by atoms with Crippen LogP contribution in [0.15, 0.2) is 66.7 Å². The van der Waals surface area contributed by atoms with Gasteiger partial charge in [-0.15, -0.1) is 0 Å². The van der Waals surface area contributed by atoms with Gasteiger partial charge in [-0.05, 0) is 61.0 Å². The van der Waals surface area contributed by atoms with Crippen molar-refractivity contribution in [2.24, 2.45) is 0 Å². The molecule has 0 aromatic heterocycles. The lowest BCUT2D eigenvalue weighted by Gasteiger charge is -2.11. The molecule has 142 valence electrons. The van der Waals surface area contributed by atoms with Gasteiger partial charge >= 0.3 is 0 Å². The summed E-state index contributed by atoms with van der Waals surface area (Å²) >= 11 is 5.99. The number of hydrogen-bond acceptors (Lipinski definition) is 3. The zero-order valence-electron chi connectivity index (χ0n) is 15.5. The monoisotopic (exact) mass is 394 g/mol. The molecule has 0 spiro atoms. The Bertz CT molecular complexity index is 1020. The summed E-state index contributed by atoms with van der Waals surface area (Å²) in [6.07, 6.45) is 0. The fraction of sp³-hybridized carbons (Fsp3) is 0.0909. The highest BCUT2D eigenvalue weighted by Gasteiger charge is 2.12. The van der Waals surface area contributed by atoms with Crippen LogP contribution in [-0.4, -0.2) is 18.9 Å². The maximum atomic E-state index is 12.5. The van der Waals surface area contributed by atoms with Crippen molar-refractivity contribution in [1.82, 2.24) is 0 Å². The van der Waals surface area contributed by atoms with Gasteiger partial charge < -0.3 is 15.4 Å². The second-order valence-corrected chi connectivity index (χ2v) is 6.58. The maximum Gasteiger partial charge on any atom is 0.255 e. The third kappa shape index (κ3) is 4.50. The van der Waals surface area contributed by atoms with Crippen molar-refractivity contribution in [3.8, 4) is 5.75 Å². The van der Waals surface area contributed by atoms with Crippen molar-refractivity contribution in [1.29, 1.82) is 0 Å². The van der Waals surface area contributed by atoms with Crippen LogP contribution < -0.4 is 15.4 Å². The Morgan fingerprint density at radius 3 is 2.00 bits per heavy atom. The van der Waals surface area contributed by atoms with Gasteiger partial charge in [-0.25, -0.2) is 0 Å². The van der Waals surface area contributed by atoms with Crippen LogP contribution in [0.5, 0.6) is 5.75 Å². The van der Waals surface area contributed by atoms with Gasteiger partial charge in [0.15, 0.2) is 0 Å². The van der Waals surface area contributed by atoms with E-state index in [0.29, 0.717) is 33.3 Å². The first-order valence-corrected chi connectivity index (χ1v) is 8.97. The molecule has 0 saturated heterocycles. The van der Waals surface area contributed by atoms with Gasteiger partial charge in [0, 0.05) is 21.8 Å². The van der Waals surface area contributed by atoms with Crippen LogP contribution in [0.3, 0.4) is 0 Å². The Kier molecular flexibility index (Phi) is 5.96. The van der Waals surface area contributed by atoms with E-state index in [1.54, 1.807) is 55.6 Å². The third-order valence-electron chi connectivity index (χ3n) is 4.21. The molecular formula is C22H19ClN2O3. The predicted molar refractivity (Wildman–Crippen MR) is 112 cm³/mol. The topological polar surface area (TPSA) is 67.4 Å². The van der Waals surface area contributed by atoms with Crippen molar-refractivity contribution < 1.29 is 14.3 Å². The lowest BCUT2D eigenvalue weighted by molar-refractivity contribution is 0.101. The largest absolute Gasteiger partial charge is 0.495 e. The summed E-state index contributed by atoms with van der Waals surface area (Å²) in [6, 6.07) is 18.9. The van der Waals surface area contributed by atoms with Crippen molar-refractivity contribution >= 4 is 34.8 Å². The van der Waals surface area contributed by atoms with E-state index in [9.17, 15) is 9.59 Å². The maximum absolute atomic E-state index is 12.5. The number of halogens is 1. The van der Waals surface area contributed by atoms with E-state index in [0.717, 1.165) is 5.56 Å². The number of benzene rings is 3. The zero-order valence-corrected chi connectivity index (χ0v) is 16.2. The molecule has 0 atom stereocenters. The van der Waals surface area contributed by atoms with E-state index >= 15 is 0 Å². The summed E-state index contributed by atoms with van der Waals surface area (Å²) in [5.41, 5.74) is 3.00. The summed E-state index contributed by atoms with van der Waals surface area (Å²) in [4.78, 5) is 24.9. The van der Waals surface area contributed by atoms with Crippen LogP contribution in [0.4, 0.5) is 11.4 Å². The number of amides is 2. The minimum Gasteiger partial charge on any atom is -0.495 e. The van der Waals surface area contributed by atoms with E-state index in [1.807, 2.05) is 25.1 Å². The van der Waals surface area contributed by atoms with E-state index in [1.165, 1.54) is 0 Å². The standard InChI is InChI=1S/C22H19ClN2O3/c1-14-7-12-17(23)13-19(14)25-22(27)16-10-8-15(9-11-16)21(26)24-18-5-3-4-6-20(18)28-2/h3-13H,1-2H3,(H,24,26)(H,25,27). The summed E-state index contributed by atoms with van der Waals surface area (Å²) in [5, 5.41) is 6.18. The molecule has 6 heteroatoms. The van der Waals surface area contributed by atoms with E-state index in [-0.39, 0.29) is 11.8 Å². The highest BCUT2D eigenvalue weighted by Crippen LogP contribution is 2.24. The summed E-state index contributed by atoms with van der Waals surface area (Å²) in [7, 11) is 1.54. The first-order valence-electron chi connectivity index (χ1n) is 8.60. The number of carbonyl (C=O) groups is 2. The first-order chi connectivity index (χ1) is 13.5. The number of anilines is 2. The predicted octanol–water partition coefficient (Wildman–Crippen LogP) is 5.16. The summed E-state index contributed by atoms with van der Waals surface area (Å²) < 4.78 is 5.23. The molecule has 2 N–H and O–H groups in total. The Morgan fingerprint density at radius 1 is 0.821 bits per heavy atom. The lowest BCUT2D eigenvalue weighted by Crippen LogP contribution is -2.15. The number of ether oxygens (including phenoxy) is 1. The molecule has 0 aliphatic carbocycles. The Labute approximate surface area is 168 Å². The van der Waals surface area contributed by atoms with Crippen molar-refractivity contribution in [2.75, 3.05) is 17.7 Å². The molecule has 28 heavy (non-hydrogen) atoms. The van der Waals surface area contributed by atoms with Crippen molar-refractivity contribution in [2.45, 2.75) is 6.92 Å². The molecule has 0 aliphatic heterocycles. The molecule has 5 nitrogen and oxygen atoms in total. The Balaban J connectivity index is 1.71. The highest BCUT2D eigenvalue weighted by molar-refractivity contribution is 6.31. The number of hydrogen-bond donors (Lipinski definition) is 2. The van der Waals surface area contributed by atoms with Crippen LogP contribution in [0.1, 0.15) is 26.3 Å². The average Bonchev–Trinajstić information content (AvgIpc) is 2.71. The van der Waals surface area contributed by atoms with E-state index in [4.69, 9.17) is 16.3 Å². The summed E-state index contributed by atoms with van der Waals surface area (Å²) in [6.45, 7) is 1.89. The molecule has 3 aromatic rings. The first kappa shape index (κ1) is 19.5. The molecule has 0 fully saturated rings. The normalized spacial score (nSPS) is 10.2. The van der Waals surface area contributed by atoms with Crippen LogP contribution in [0.25, 0.3) is 0 Å². The molecule has 0 heterocycles. The fourth-order valence-electron chi connectivity index (χ4n) is 2.64. The highest BCUT2D eigenvalue weighted by atomic mass is 35.5. The lowest BCUT2D eigenvalue weighted by atomic mass is 10.1. The third-order valence-corrected chi connectivity index (χ3v) is 4.45. The molecule has 2 amide bonds. The van der Waals surface area contributed by atoms with Gasteiger partial charge in [0.25, 0.3) is 11.8 Å². The number of aryl methyl sites for hydroxylation is 1. The molecule has 0 bridgehead atoms. The summed E-state index contributed by atoms with van der Waals surface area (Å²) in [5.74, 6) is 0.00735. The quantitative estimate of drug-likeness (QED) is 0.628. The number of nitrogens with one attached hydrogen (secondary N) is 2. The molecule has 3 aromatic carbocycles. The Morgan fingerprint density at radius 2 is 1.39 bits per heavy atom. The molecule has 0 unspecified atom stereocenters. The second-order valence-electron chi connectivity index (χ2n) is 6.15.